The van der Waals surface area contributed by atoms with Crippen molar-refractivity contribution in [2.24, 2.45) is 5.92 Å². The summed E-state index contributed by atoms with van der Waals surface area (Å²) in [5.74, 6) is 1.66. The molecule has 1 aliphatic rings. The molecular weight excluding hydrogens is 284 g/mol. The van der Waals surface area contributed by atoms with Crippen molar-refractivity contribution >= 4 is 11.6 Å². The first-order valence-corrected chi connectivity index (χ1v) is 8.27. The molecule has 1 aliphatic heterocycles. The van der Waals surface area contributed by atoms with Crippen LogP contribution in [0.3, 0.4) is 0 Å². The number of halogens is 1. The Morgan fingerprint density at radius 3 is 2.57 bits per heavy atom. The quantitative estimate of drug-likeness (QED) is 0.866. The molecule has 1 heterocycles. The summed E-state index contributed by atoms with van der Waals surface area (Å²) in [7, 11) is 1.74. The largest absolute Gasteiger partial charge is 0.496 e. The van der Waals surface area contributed by atoms with Crippen molar-refractivity contribution in [3.8, 4) is 5.75 Å². The van der Waals surface area contributed by atoms with Crippen LogP contribution < -0.4 is 10.1 Å². The van der Waals surface area contributed by atoms with Gasteiger partial charge < -0.3 is 10.1 Å². The molecule has 1 fully saturated rings. The second kappa shape index (κ2) is 8.02. The van der Waals surface area contributed by atoms with Crippen molar-refractivity contribution in [1.82, 2.24) is 10.2 Å². The van der Waals surface area contributed by atoms with E-state index in [2.05, 4.69) is 30.1 Å². The van der Waals surface area contributed by atoms with Crippen LogP contribution in [-0.4, -0.2) is 38.2 Å². The van der Waals surface area contributed by atoms with E-state index in [1.165, 1.54) is 12.0 Å². The molecule has 0 saturated carbocycles. The molecule has 118 valence electrons. The number of rotatable bonds is 6. The lowest BCUT2D eigenvalue weighted by Gasteiger charge is -2.36. The van der Waals surface area contributed by atoms with Gasteiger partial charge >= 0.3 is 0 Å². The Morgan fingerprint density at radius 2 is 1.95 bits per heavy atom. The highest BCUT2D eigenvalue weighted by atomic mass is 35.5. The molecule has 0 unspecified atom stereocenters. The summed E-state index contributed by atoms with van der Waals surface area (Å²) in [5.41, 5.74) is 1.23. The molecule has 2 rings (SSSR count). The van der Waals surface area contributed by atoms with Crippen LogP contribution >= 0.6 is 11.6 Å². The number of piperazine rings is 1. The molecule has 1 atom stereocenters. The van der Waals surface area contributed by atoms with Gasteiger partial charge in [0, 0.05) is 42.8 Å². The van der Waals surface area contributed by atoms with Crippen LogP contribution in [0.2, 0.25) is 5.02 Å². The molecular formula is C17H27ClN2O. The molecule has 1 saturated heterocycles. The monoisotopic (exact) mass is 310 g/mol. The van der Waals surface area contributed by atoms with Gasteiger partial charge in [0.1, 0.15) is 5.75 Å². The molecule has 3 nitrogen and oxygen atoms in total. The van der Waals surface area contributed by atoms with Crippen LogP contribution in [0.4, 0.5) is 0 Å². The number of hydrogen-bond acceptors (Lipinski definition) is 3. The van der Waals surface area contributed by atoms with Crippen molar-refractivity contribution < 1.29 is 4.74 Å². The maximum absolute atomic E-state index is 6.23. The SMILES string of the molecule is COc1ccc(Cl)cc1[C@@H](CCC(C)C)N1CCNCC1. The molecule has 0 spiro atoms. The van der Waals surface area contributed by atoms with Gasteiger partial charge in [-0.05, 0) is 37.0 Å². The lowest BCUT2D eigenvalue weighted by Crippen LogP contribution is -2.45. The van der Waals surface area contributed by atoms with Crippen LogP contribution in [0.25, 0.3) is 0 Å². The van der Waals surface area contributed by atoms with E-state index < -0.39 is 0 Å². The molecule has 0 radical (unpaired) electrons. The predicted octanol–water partition coefficient (Wildman–Crippen LogP) is 3.73. The third-order valence-corrected chi connectivity index (χ3v) is 4.40. The topological polar surface area (TPSA) is 24.5 Å². The fraction of sp³-hybridized carbons (Fsp3) is 0.647. The fourth-order valence-corrected chi connectivity index (χ4v) is 3.17. The molecule has 1 N–H and O–H groups in total. The second-order valence-electron chi connectivity index (χ2n) is 6.16. The number of ether oxygens (including phenoxy) is 1. The summed E-state index contributed by atoms with van der Waals surface area (Å²) in [6.45, 7) is 8.84. The maximum atomic E-state index is 6.23. The molecule has 1 aromatic rings. The van der Waals surface area contributed by atoms with E-state index in [1.54, 1.807) is 7.11 Å². The molecule has 0 amide bonds. The number of methoxy groups -OCH3 is 1. The Morgan fingerprint density at radius 1 is 1.24 bits per heavy atom. The Hall–Kier alpha value is -0.770. The van der Waals surface area contributed by atoms with Crippen LogP contribution in [0.5, 0.6) is 5.75 Å². The second-order valence-corrected chi connectivity index (χ2v) is 6.60. The molecule has 0 aromatic heterocycles. The number of benzene rings is 1. The van der Waals surface area contributed by atoms with Gasteiger partial charge in [-0.15, -0.1) is 0 Å². The minimum Gasteiger partial charge on any atom is -0.496 e. The van der Waals surface area contributed by atoms with Gasteiger partial charge in [-0.3, -0.25) is 4.90 Å². The third kappa shape index (κ3) is 4.60. The minimum absolute atomic E-state index is 0.392. The third-order valence-electron chi connectivity index (χ3n) is 4.16. The summed E-state index contributed by atoms with van der Waals surface area (Å²) in [6.07, 6.45) is 2.36. The molecule has 0 aliphatic carbocycles. The highest BCUT2D eigenvalue weighted by Crippen LogP contribution is 2.35. The van der Waals surface area contributed by atoms with Gasteiger partial charge in [0.15, 0.2) is 0 Å². The van der Waals surface area contributed by atoms with Gasteiger partial charge in [-0.1, -0.05) is 25.4 Å². The summed E-state index contributed by atoms with van der Waals surface area (Å²) < 4.78 is 5.58. The predicted molar refractivity (Wildman–Crippen MR) is 89.3 cm³/mol. The lowest BCUT2D eigenvalue weighted by atomic mass is 9.95. The standard InChI is InChI=1S/C17H27ClN2O/c1-13(2)4-6-16(20-10-8-19-9-11-20)15-12-14(18)5-7-17(15)21-3/h5,7,12-13,16,19H,4,6,8-11H2,1-3H3/t16-/m1/s1. The van der Waals surface area contributed by atoms with Crippen molar-refractivity contribution in [3.63, 3.8) is 0 Å². The van der Waals surface area contributed by atoms with E-state index in [-0.39, 0.29) is 0 Å². The average molecular weight is 311 g/mol. The van der Waals surface area contributed by atoms with Crippen molar-refractivity contribution in [2.45, 2.75) is 32.7 Å². The van der Waals surface area contributed by atoms with Gasteiger partial charge in [-0.2, -0.15) is 0 Å². The van der Waals surface area contributed by atoms with Crippen molar-refractivity contribution in [3.05, 3.63) is 28.8 Å². The Bertz CT molecular complexity index is 444. The van der Waals surface area contributed by atoms with E-state index in [0.29, 0.717) is 12.0 Å². The van der Waals surface area contributed by atoms with E-state index in [9.17, 15) is 0 Å². The number of hydrogen-bond donors (Lipinski definition) is 1. The van der Waals surface area contributed by atoms with Crippen LogP contribution in [0.15, 0.2) is 18.2 Å². The van der Waals surface area contributed by atoms with E-state index in [1.807, 2.05) is 12.1 Å². The first-order valence-electron chi connectivity index (χ1n) is 7.90. The zero-order valence-electron chi connectivity index (χ0n) is 13.4. The first-order chi connectivity index (χ1) is 10.1. The molecule has 1 aromatic carbocycles. The van der Waals surface area contributed by atoms with E-state index >= 15 is 0 Å². The summed E-state index contributed by atoms with van der Waals surface area (Å²) >= 11 is 6.23. The van der Waals surface area contributed by atoms with E-state index in [4.69, 9.17) is 16.3 Å². The maximum Gasteiger partial charge on any atom is 0.123 e. The lowest BCUT2D eigenvalue weighted by molar-refractivity contribution is 0.157. The molecule has 0 bridgehead atoms. The van der Waals surface area contributed by atoms with Gasteiger partial charge in [-0.25, -0.2) is 0 Å². The Balaban J connectivity index is 2.26. The van der Waals surface area contributed by atoms with Gasteiger partial charge in [0.25, 0.3) is 0 Å². The van der Waals surface area contributed by atoms with Crippen molar-refractivity contribution in [2.75, 3.05) is 33.3 Å². The average Bonchev–Trinajstić information content (AvgIpc) is 2.48. The summed E-state index contributed by atoms with van der Waals surface area (Å²) in [6, 6.07) is 6.36. The van der Waals surface area contributed by atoms with Gasteiger partial charge in [0.2, 0.25) is 0 Å². The highest BCUT2D eigenvalue weighted by Gasteiger charge is 2.25. The fourth-order valence-electron chi connectivity index (χ4n) is 2.99. The normalized spacial score (nSPS) is 18.0. The summed E-state index contributed by atoms with van der Waals surface area (Å²) in [5, 5.41) is 4.21. The zero-order chi connectivity index (χ0) is 15.2. The molecule has 21 heavy (non-hydrogen) atoms. The molecule has 4 heteroatoms. The smallest absolute Gasteiger partial charge is 0.123 e. The van der Waals surface area contributed by atoms with Crippen LogP contribution in [0, 0.1) is 5.92 Å². The first kappa shape index (κ1) is 16.6. The Kier molecular flexibility index (Phi) is 6.34. The Labute approximate surface area is 133 Å². The van der Waals surface area contributed by atoms with E-state index in [0.717, 1.165) is 43.4 Å². The van der Waals surface area contributed by atoms with Gasteiger partial charge in [0.05, 0.1) is 7.11 Å². The number of nitrogens with zero attached hydrogens (tertiary/aromatic N) is 1. The van der Waals surface area contributed by atoms with Crippen LogP contribution in [0.1, 0.15) is 38.3 Å². The summed E-state index contributed by atoms with van der Waals surface area (Å²) in [4.78, 5) is 2.56. The number of nitrogens with one attached hydrogen (secondary N) is 1. The highest BCUT2D eigenvalue weighted by molar-refractivity contribution is 6.30. The van der Waals surface area contributed by atoms with Crippen molar-refractivity contribution in [1.29, 1.82) is 0 Å². The minimum atomic E-state index is 0.392. The van der Waals surface area contributed by atoms with Crippen LogP contribution in [-0.2, 0) is 0 Å². The zero-order valence-corrected chi connectivity index (χ0v) is 14.1.